The van der Waals surface area contributed by atoms with E-state index in [-0.39, 0.29) is 12.1 Å². The smallest absolute Gasteiger partial charge is 0.205 e. The summed E-state index contributed by atoms with van der Waals surface area (Å²) in [5, 5.41) is 1.03. The summed E-state index contributed by atoms with van der Waals surface area (Å²) in [4.78, 5) is 6.88. The molecule has 1 saturated carbocycles. The van der Waals surface area contributed by atoms with Gasteiger partial charge in [0.25, 0.3) is 0 Å². The molecule has 1 aliphatic carbocycles. The molecule has 2 N–H and O–H groups in total. The number of hydrogen-bond acceptors (Lipinski definition) is 6. The third-order valence-corrected chi connectivity index (χ3v) is 4.12. The monoisotopic (exact) mass is 254 g/mol. The molecule has 2 aliphatic rings. The van der Waals surface area contributed by atoms with Crippen LogP contribution in [-0.2, 0) is 4.74 Å². The Kier molecular flexibility index (Phi) is 3.02. The zero-order valence-electron chi connectivity index (χ0n) is 10.0. The van der Waals surface area contributed by atoms with Crippen LogP contribution in [0.15, 0.2) is 0 Å². The predicted molar refractivity (Wildman–Crippen MR) is 67.5 cm³/mol. The first-order valence-corrected chi connectivity index (χ1v) is 6.97. The summed E-state index contributed by atoms with van der Waals surface area (Å²) in [5.74, 6) is 1.67. The average molecular weight is 254 g/mol. The van der Waals surface area contributed by atoms with Crippen LogP contribution >= 0.6 is 11.5 Å². The van der Waals surface area contributed by atoms with Crippen molar-refractivity contribution in [2.45, 2.75) is 37.8 Å². The van der Waals surface area contributed by atoms with E-state index in [1.54, 1.807) is 0 Å². The summed E-state index contributed by atoms with van der Waals surface area (Å²) in [6.45, 7) is 4.44. The van der Waals surface area contributed by atoms with E-state index in [0.29, 0.717) is 5.92 Å². The molecule has 2 fully saturated rings. The van der Waals surface area contributed by atoms with E-state index >= 15 is 0 Å². The average Bonchev–Trinajstić information content (AvgIpc) is 3.07. The molecule has 2 atom stereocenters. The maximum Gasteiger partial charge on any atom is 0.205 e. The summed E-state index contributed by atoms with van der Waals surface area (Å²) in [6, 6.07) is 0.0635. The first-order valence-electron chi connectivity index (χ1n) is 6.20. The van der Waals surface area contributed by atoms with Gasteiger partial charge in [0.05, 0.1) is 12.7 Å². The van der Waals surface area contributed by atoms with Crippen LogP contribution in [0.25, 0.3) is 0 Å². The molecular formula is C11H18N4OS. The Morgan fingerprint density at radius 3 is 3.06 bits per heavy atom. The van der Waals surface area contributed by atoms with Gasteiger partial charge < -0.3 is 15.4 Å². The van der Waals surface area contributed by atoms with Crippen molar-refractivity contribution in [2.24, 2.45) is 5.73 Å². The van der Waals surface area contributed by atoms with Crippen molar-refractivity contribution >= 4 is 16.7 Å². The van der Waals surface area contributed by atoms with Crippen molar-refractivity contribution in [3.63, 3.8) is 0 Å². The first kappa shape index (κ1) is 11.4. The van der Waals surface area contributed by atoms with Gasteiger partial charge in [-0.3, -0.25) is 0 Å². The Morgan fingerprint density at radius 2 is 2.35 bits per heavy atom. The summed E-state index contributed by atoms with van der Waals surface area (Å²) >= 11 is 1.51. The number of morpholine rings is 1. The van der Waals surface area contributed by atoms with Crippen LogP contribution < -0.4 is 10.6 Å². The highest BCUT2D eigenvalue weighted by Gasteiger charge is 2.30. The molecule has 0 spiro atoms. The molecule has 3 rings (SSSR count). The normalized spacial score (nSPS) is 27.2. The van der Waals surface area contributed by atoms with Crippen molar-refractivity contribution < 1.29 is 4.74 Å². The first-order chi connectivity index (χ1) is 8.24. The fourth-order valence-electron chi connectivity index (χ4n) is 2.03. The van der Waals surface area contributed by atoms with Crippen LogP contribution in [0.2, 0.25) is 0 Å². The topological polar surface area (TPSA) is 64.3 Å². The number of rotatable bonds is 3. The molecule has 0 amide bonds. The number of ether oxygens (including phenoxy) is 1. The standard InChI is InChI=1S/C11H18N4OS/c1-7(12)9-6-15(4-5-16-9)11-13-10(14-17-11)8-2-3-8/h7-9H,2-6,12H2,1H3. The second-order valence-corrected chi connectivity index (χ2v) is 5.65. The number of nitrogens with zero attached hydrogens (tertiary/aromatic N) is 3. The fraction of sp³-hybridized carbons (Fsp3) is 0.818. The molecule has 0 aromatic carbocycles. The number of anilines is 1. The van der Waals surface area contributed by atoms with Crippen LogP contribution in [0, 0.1) is 0 Å². The van der Waals surface area contributed by atoms with Gasteiger partial charge in [-0.05, 0) is 19.8 Å². The summed E-state index contributed by atoms with van der Waals surface area (Å²) in [5.41, 5.74) is 5.89. The van der Waals surface area contributed by atoms with Crippen molar-refractivity contribution in [3.8, 4) is 0 Å². The third kappa shape index (κ3) is 2.43. The van der Waals surface area contributed by atoms with Crippen LogP contribution in [0.4, 0.5) is 5.13 Å². The van der Waals surface area contributed by atoms with Gasteiger partial charge in [0, 0.05) is 36.6 Å². The lowest BCUT2D eigenvalue weighted by atomic mass is 10.1. The SMILES string of the molecule is CC(N)C1CN(c2nc(C3CC3)ns2)CCO1. The van der Waals surface area contributed by atoms with E-state index in [1.165, 1.54) is 24.4 Å². The molecule has 5 nitrogen and oxygen atoms in total. The van der Waals surface area contributed by atoms with E-state index < -0.39 is 0 Å². The Morgan fingerprint density at radius 1 is 1.53 bits per heavy atom. The summed E-state index contributed by atoms with van der Waals surface area (Å²) in [6.07, 6.45) is 2.61. The molecule has 1 saturated heterocycles. The predicted octanol–water partition coefficient (Wildman–Crippen LogP) is 0.968. The lowest BCUT2D eigenvalue weighted by Gasteiger charge is -2.34. The Bertz CT molecular complexity index is 391. The molecule has 6 heteroatoms. The Hall–Kier alpha value is -0.720. The Labute approximate surface area is 105 Å². The van der Waals surface area contributed by atoms with Gasteiger partial charge in [0.1, 0.15) is 5.82 Å². The van der Waals surface area contributed by atoms with Crippen LogP contribution in [0.5, 0.6) is 0 Å². The summed E-state index contributed by atoms with van der Waals surface area (Å²) < 4.78 is 10.1. The van der Waals surface area contributed by atoms with E-state index in [1.807, 2.05) is 6.92 Å². The highest BCUT2D eigenvalue weighted by molar-refractivity contribution is 7.09. The van der Waals surface area contributed by atoms with Crippen molar-refractivity contribution in [3.05, 3.63) is 5.82 Å². The lowest BCUT2D eigenvalue weighted by molar-refractivity contribution is 0.0276. The van der Waals surface area contributed by atoms with Crippen LogP contribution in [0.1, 0.15) is 31.5 Å². The quantitative estimate of drug-likeness (QED) is 0.870. The fourth-order valence-corrected chi connectivity index (χ4v) is 2.81. The van der Waals surface area contributed by atoms with Gasteiger partial charge in [-0.15, -0.1) is 0 Å². The molecule has 1 aliphatic heterocycles. The van der Waals surface area contributed by atoms with Gasteiger partial charge in [-0.1, -0.05) is 0 Å². The highest BCUT2D eigenvalue weighted by atomic mass is 32.1. The Balaban J connectivity index is 1.69. The largest absolute Gasteiger partial charge is 0.373 e. The van der Waals surface area contributed by atoms with Crippen molar-refractivity contribution in [2.75, 3.05) is 24.6 Å². The molecule has 2 heterocycles. The second-order valence-electron chi connectivity index (χ2n) is 4.92. The molecule has 0 radical (unpaired) electrons. The molecule has 17 heavy (non-hydrogen) atoms. The second kappa shape index (κ2) is 4.51. The zero-order valence-corrected chi connectivity index (χ0v) is 10.8. The minimum atomic E-state index is 0.0635. The molecule has 2 unspecified atom stereocenters. The van der Waals surface area contributed by atoms with E-state index in [2.05, 4.69) is 14.3 Å². The number of hydrogen-bond donors (Lipinski definition) is 1. The van der Waals surface area contributed by atoms with E-state index in [0.717, 1.165) is 30.7 Å². The van der Waals surface area contributed by atoms with Gasteiger partial charge in [0.2, 0.25) is 5.13 Å². The maximum atomic E-state index is 5.89. The third-order valence-electron chi connectivity index (χ3n) is 3.32. The number of nitrogens with two attached hydrogens (primary N) is 1. The molecule has 94 valence electrons. The van der Waals surface area contributed by atoms with Crippen molar-refractivity contribution in [1.29, 1.82) is 0 Å². The summed E-state index contributed by atoms with van der Waals surface area (Å²) in [7, 11) is 0. The van der Waals surface area contributed by atoms with Crippen LogP contribution in [-0.4, -0.2) is 41.2 Å². The highest BCUT2D eigenvalue weighted by Crippen LogP contribution is 2.39. The molecule has 1 aromatic heterocycles. The van der Waals surface area contributed by atoms with Gasteiger partial charge in [-0.25, -0.2) is 4.98 Å². The van der Waals surface area contributed by atoms with Crippen LogP contribution in [0.3, 0.4) is 0 Å². The molecule has 1 aromatic rings. The lowest BCUT2D eigenvalue weighted by Crippen LogP contribution is -2.49. The van der Waals surface area contributed by atoms with Gasteiger partial charge in [0.15, 0.2) is 0 Å². The molecule has 0 bridgehead atoms. The van der Waals surface area contributed by atoms with E-state index in [9.17, 15) is 0 Å². The minimum Gasteiger partial charge on any atom is -0.373 e. The maximum absolute atomic E-state index is 5.89. The van der Waals surface area contributed by atoms with E-state index in [4.69, 9.17) is 10.5 Å². The van der Waals surface area contributed by atoms with Crippen molar-refractivity contribution in [1.82, 2.24) is 9.36 Å². The minimum absolute atomic E-state index is 0.0635. The van der Waals surface area contributed by atoms with Gasteiger partial charge in [-0.2, -0.15) is 4.37 Å². The van der Waals surface area contributed by atoms with Gasteiger partial charge >= 0.3 is 0 Å². The number of aromatic nitrogens is 2. The molecular weight excluding hydrogens is 236 g/mol. The zero-order chi connectivity index (χ0) is 11.8.